The Labute approximate surface area is 191 Å². The second kappa shape index (κ2) is 9.03. The molecule has 0 radical (unpaired) electrons. The minimum Gasteiger partial charge on any atom is -0.462 e. The highest BCUT2D eigenvalue weighted by Crippen LogP contribution is 2.35. The largest absolute Gasteiger partial charge is 0.462 e. The van der Waals surface area contributed by atoms with Crippen LogP contribution >= 0.6 is 11.3 Å². The lowest BCUT2D eigenvalue weighted by atomic mass is 10.1. The van der Waals surface area contributed by atoms with E-state index in [2.05, 4.69) is 9.71 Å². The molecule has 170 valence electrons. The highest BCUT2D eigenvalue weighted by molar-refractivity contribution is 7.90. The molecule has 32 heavy (non-hydrogen) atoms. The maximum Gasteiger partial charge on any atom is 0.341 e. The Kier molecular flexibility index (Phi) is 6.34. The number of nitrogens with one attached hydrogen (secondary N) is 1. The van der Waals surface area contributed by atoms with Crippen LogP contribution < -0.4 is 10.2 Å². The highest BCUT2D eigenvalue weighted by Gasteiger charge is 2.32. The van der Waals surface area contributed by atoms with E-state index in [9.17, 15) is 18.0 Å². The lowest BCUT2D eigenvalue weighted by Crippen LogP contribution is -2.35. The molecule has 1 fully saturated rings. The van der Waals surface area contributed by atoms with Gasteiger partial charge < -0.3 is 15.0 Å². The van der Waals surface area contributed by atoms with Crippen LogP contribution in [0.25, 0.3) is 0 Å². The summed E-state index contributed by atoms with van der Waals surface area (Å²) in [6.45, 7) is 4.60. The van der Waals surface area contributed by atoms with Gasteiger partial charge in [-0.05, 0) is 50.5 Å². The van der Waals surface area contributed by atoms with Crippen molar-refractivity contribution in [1.82, 2.24) is 0 Å². The fourth-order valence-corrected chi connectivity index (χ4v) is 6.13. The van der Waals surface area contributed by atoms with Crippen LogP contribution in [0.1, 0.15) is 65.1 Å². The predicted molar refractivity (Wildman–Crippen MR) is 124 cm³/mol. The number of thiophene rings is 1. The number of esters is 1. The van der Waals surface area contributed by atoms with E-state index in [4.69, 9.17) is 4.74 Å². The molecule has 3 heterocycles. The maximum atomic E-state index is 13.0. The molecule has 2 aromatic rings. The Morgan fingerprint density at radius 1 is 1.19 bits per heavy atom. The number of rotatable bonds is 5. The third-order valence-electron chi connectivity index (χ3n) is 5.46. The highest BCUT2D eigenvalue weighted by atomic mass is 32.2. The number of amidine groups is 1. The molecule has 0 aliphatic carbocycles. The summed E-state index contributed by atoms with van der Waals surface area (Å²) in [5.41, 5.74) is 1.04. The summed E-state index contributed by atoms with van der Waals surface area (Å²) in [5.74, 6) is -0.435. The van der Waals surface area contributed by atoms with Crippen molar-refractivity contribution in [2.24, 2.45) is 4.40 Å². The average Bonchev–Trinajstić information content (AvgIpc) is 3.03. The van der Waals surface area contributed by atoms with E-state index in [1.54, 1.807) is 25.1 Å². The van der Waals surface area contributed by atoms with E-state index in [0.29, 0.717) is 41.5 Å². The molecule has 1 aromatic heterocycles. The quantitative estimate of drug-likeness (QED) is 0.649. The zero-order valence-electron chi connectivity index (χ0n) is 18.0. The molecular formula is C22H25N3O5S2. The number of carbonyl (C=O) groups excluding carboxylic acids is 2. The van der Waals surface area contributed by atoms with Gasteiger partial charge in [-0.15, -0.1) is 15.7 Å². The van der Waals surface area contributed by atoms with Crippen LogP contribution in [0.15, 0.2) is 33.6 Å². The van der Waals surface area contributed by atoms with Crippen LogP contribution in [0, 0.1) is 0 Å². The van der Waals surface area contributed by atoms with E-state index in [1.807, 2.05) is 11.8 Å². The van der Waals surface area contributed by atoms with E-state index in [1.165, 1.54) is 17.4 Å². The fourth-order valence-electron chi connectivity index (χ4n) is 3.87. The van der Waals surface area contributed by atoms with Gasteiger partial charge in [-0.3, -0.25) is 4.79 Å². The van der Waals surface area contributed by atoms with E-state index in [0.717, 1.165) is 24.1 Å². The Morgan fingerprint density at radius 3 is 2.75 bits per heavy atom. The number of sulfonamides is 1. The van der Waals surface area contributed by atoms with Gasteiger partial charge in [-0.2, -0.15) is 8.42 Å². The molecule has 0 bridgehead atoms. The second-order valence-corrected chi connectivity index (χ2v) is 10.3. The third-order valence-corrected chi connectivity index (χ3v) is 7.99. The van der Waals surface area contributed by atoms with Crippen molar-refractivity contribution < 1.29 is 22.7 Å². The topological polar surface area (TPSA) is 105 Å². The fraction of sp³-hybridized carbons (Fsp3) is 0.409. The molecule has 1 N–H and O–H groups in total. The zero-order valence-corrected chi connectivity index (χ0v) is 19.6. The van der Waals surface area contributed by atoms with Crippen molar-refractivity contribution in [3.05, 3.63) is 40.3 Å². The van der Waals surface area contributed by atoms with Crippen molar-refractivity contribution in [2.75, 3.05) is 23.4 Å². The van der Waals surface area contributed by atoms with Crippen LogP contribution in [-0.4, -0.2) is 39.3 Å². The van der Waals surface area contributed by atoms with Crippen molar-refractivity contribution in [3.8, 4) is 0 Å². The number of benzene rings is 1. The molecule has 1 saturated heterocycles. The molecule has 10 heteroatoms. The van der Waals surface area contributed by atoms with Crippen LogP contribution in [0.4, 0.5) is 10.7 Å². The van der Waals surface area contributed by atoms with Gasteiger partial charge in [0.05, 0.1) is 17.9 Å². The predicted octanol–water partition coefficient (Wildman–Crippen LogP) is 4.22. The lowest BCUT2D eigenvalue weighted by molar-refractivity contribution is 0.0528. The van der Waals surface area contributed by atoms with Gasteiger partial charge in [0.2, 0.25) is 0 Å². The summed E-state index contributed by atoms with van der Waals surface area (Å²) >= 11 is 1.30. The SMILES string of the molecule is CCOC(=O)c1cc(CC)sc1NC(=O)c1ccc2c(c1)S(=O)(=O)N=C1CCCCCN12. The Balaban J connectivity index is 1.66. The standard InChI is InChI=1S/C22H25N3O5S2/c1-3-15-13-16(22(27)30-4-2)21(31-15)23-20(26)14-9-10-17-18(12-14)32(28,29)24-19-8-6-5-7-11-25(17)19/h9-10,12-13H,3-8,11H2,1-2H3,(H,23,26). The van der Waals surface area contributed by atoms with Crippen molar-refractivity contribution >= 4 is 49.8 Å². The average molecular weight is 476 g/mol. The first-order valence-electron chi connectivity index (χ1n) is 10.7. The number of hydrogen-bond acceptors (Lipinski definition) is 7. The molecule has 0 spiro atoms. The minimum absolute atomic E-state index is 0.0295. The Morgan fingerprint density at radius 2 is 2.00 bits per heavy atom. The summed E-state index contributed by atoms with van der Waals surface area (Å²) in [6, 6.07) is 6.35. The molecule has 1 amide bonds. The van der Waals surface area contributed by atoms with Gasteiger partial charge in [-0.1, -0.05) is 13.3 Å². The molecular weight excluding hydrogens is 450 g/mol. The first-order valence-corrected chi connectivity index (χ1v) is 13.0. The minimum atomic E-state index is -3.89. The van der Waals surface area contributed by atoms with E-state index >= 15 is 0 Å². The molecule has 2 aliphatic rings. The number of ether oxygens (including phenoxy) is 1. The zero-order chi connectivity index (χ0) is 22.9. The smallest absolute Gasteiger partial charge is 0.341 e. The number of nitrogens with zero attached hydrogens (tertiary/aromatic N) is 2. The summed E-state index contributed by atoms with van der Waals surface area (Å²) in [6.07, 6.45) is 4.21. The van der Waals surface area contributed by atoms with E-state index in [-0.39, 0.29) is 17.1 Å². The molecule has 8 nitrogen and oxygen atoms in total. The van der Waals surface area contributed by atoms with Crippen molar-refractivity contribution in [1.29, 1.82) is 0 Å². The van der Waals surface area contributed by atoms with Crippen molar-refractivity contribution in [3.63, 3.8) is 0 Å². The molecule has 0 saturated carbocycles. The van der Waals surface area contributed by atoms with Crippen molar-refractivity contribution in [2.45, 2.75) is 50.8 Å². The number of carbonyl (C=O) groups is 2. The first kappa shape index (κ1) is 22.5. The monoisotopic (exact) mass is 475 g/mol. The molecule has 0 atom stereocenters. The second-order valence-electron chi connectivity index (χ2n) is 7.61. The summed E-state index contributed by atoms with van der Waals surface area (Å²) in [4.78, 5) is 28.2. The first-order chi connectivity index (χ1) is 15.3. The summed E-state index contributed by atoms with van der Waals surface area (Å²) in [7, 11) is -3.89. The number of amides is 1. The van der Waals surface area contributed by atoms with E-state index < -0.39 is 21.9 Å². The molecule has 0 unspecified atom stereocenters. The molecule has 1 aromatic carbocycles. The molecule has 2 aliphatic heterocycles. The van der Waals surface area contributed by atoms with Gasteiger partial charge in [0.1, 0.15) is 15.7 Å². The van der Waals surface area contributed by atoms with Crippen LogP contribution in [-0.2, 0) is 21.2 Å². The van der Waals surface area contributed by atoms with Gasteiger partial charge in [0, 0.05) is 23.4 Å². The number of aryl methyl sites for hydroxylation is 1. The maximum absolute atomic E-state index is 13.0. The van der Waals surface area contributed by atoms with Gasteiger partial charge in [-0.25, -0.2) is 4.79 Å². The molecule has 4 rings (SSSR count). The van der Waals surface area contributed by atoms with Crippen LogP contribution in [0.5, 0.6) is 0 Å². The summed E-state index contributed by atoms with van der Waals surface area (Å²) < 4.78 is 34.8. The van der Waals surface area contributed by atoms with Crippen LogP contribution in [0.2, 0.25) is 0 Å². The Hall–Kier alpha value is -2.72. The van der Waals surface area contributed by atoms with Gasteiger partial charge >= 0.3 is 5.97 Å². The third kappa shape index (κ3) is 4.29. The Bertz CT molecular complexity index is 1200. The lowest BCUT2D eigenvalue weighted by Gasteiger charge is -2.29. The number of hydrogen-bond donors (Lipinski definition) is 1. The normalized spacial score (nSPS) is 16.9. The summed E-state index contributed by atoms with van der Waals surface area (Å²) in [5, 5.41) is 3.14. The van der Waals surface area contributed by atoms with Crippen LogP contribution in [0.3, 0.4) is 0 Å². The van der Waals surface area contributed by atoms with Gasteiger partial charge in [0.25, 0.3) is 15.9 Å². The van der Waals surface area contributed by atoms with Gasteiger partial charge in [0.15, 0.2) is 0 Å². The number of anilines is 2. The number of fused-ring (bicyclic) bond motifs is 3.